The van der Waals surface area contributed by atoms with Crippen LogP contribution in [0, 0.1) is 0 Å². The third-order valence-corrected chi connectivity index (χ3v) is 7.54. The van der Waals surface area contributed by atoms with E-state index in [1.165, 1.54) is 31.4 Å². The molecule has 9 nitrogen and oxygen atoms in total. The van der Waals surface area contributed by atoms with E-state index in [9.17, 15) is 31.1 Å². The molecule has 0 aromatic heterocycles. The Morgan fingerprint density at radius 2 is 1.91 bits per heavy atom. The molecule has 12 heteroatoms. The van der Waals surface area contributed by atoms with Crippen LogP contribution in [0.1, 0.15) is 23.2 Å². The van der Waals surface area contributed by atoms with Gasteiger partial charge >= 0.3 is 5.97 Å². The number of piperidine rings is 1. The summed E-state index contributed by atoms with van der Waals surface area (Å²) in [6.45, 7) is 0.496. The molecule has 1 aliphatic heterocycles. The first-order valence-corrected chi connectivity index (χ1v) is 13.0. The summed E-state index contributed by atoms with van der Waals surface area (Å²) in [5.74, 6) is -1.42. The molecular formula is C20H23FN2O7S2. The van der Waals surface area contributed by atoms with Gasteiger partial charge in [0.05, 0.1) is 28.9 Å². The highest BCUT2D eigenvalue weighted by Crippen LogP contribution is 2.35. The van der Waals surface area contributed by atoms with Crippen molar-refractivity contribution >= 4 is 37.2 Å². The normalized spacial score (nSPS) is 17.1. The predicted molar refractivity (Wildman–Crippen MR) is 117 cm³/mol. The van der Waals surface area contributed by atoms with Gasteiger partial charge < -0.3 is 14.7 Å². The van der Waals surface area contributed by atoms with E-state index in [0.717, 1.165) is 18.4 Å². The highest BCUT2D eigenvalue weighted by molar-refractivity contribution is 7.93. The van der Waals surface area contributed by atoms with Gasteiger partial charge in [-0.05, 0) is 49.2 Å². The molecule has 1 aliphatic rings. The van der Waals surface area contributed by atoms with E-state index >= 15 is 0 Å². The van der Waals surface area contributed by atoms with E-state index in [2.05, 4.69) is 4.72 Å². The molecule has 32 heavy (non-hydrogen) atoms. The fourth-order valence-corrected chi connectivity index (χ4v) is 5.38. The first kappa shape index (κ1) is 23.8. The van der Waals surface area contributed by atoms with Gasteiger partial charge in [-0.15, -0.1) is 0 Å². The maximum atomic E-state index is 14.0. The molecule has 1 heterocycles. The zero-order chi connectivity index (χ0) is 23.7. The van der Waals surface area contributed by atoms with Crippen LogP contribution in [0.5, 0.6) is 5.75 Å². The first-order chi connectivity index (χ1) is 14.9. The third kappa shape index (κ3) is 5.13. The molecule has 0 spiro atoms. The van der Waals surface area contributed by atoms with Crippen molar-refractivity contribution in [2.45, 2.75) is 28.8 Å². The van der Waals surface area contributed by atoms with Crippen LogP contribution in [0.15, 0.2) is 46.2 Å². The highest BCUT2D eigenvalue weighted by atomic mass is 32.2. The number of anilines is 2. The second-order valence-corrected chi connectivity index (χ2v) is 11.1. The number of hydrogen-bond acceptors (Lipinski definition) is 7. The quantitative estimate of drug-likeness (QED) is 0.611. The molecule has 0 amide bonds. The topological polar surface area (TPSA) is 130 Å². The number of nitrogens with zero attached hydrogens (tertiary/aromatic N) is 1. The highest BCUT2D eigenvalue weighted by Gasteiger charge is 2.27. The molecule has 174 valence electrons. The summed E-state index contributed by atoms with van der Waals surface area (Å²) in [5, 5.41) is 9.23. The van der Waals surface area contributed by atoms with Crippen molar-refractivity contribution in [1.29, 1.82) is 0 Å². The van der Waals surface area contributed by atoms with Crippen LogP contribution in [-0.4, -0.2) is 60.5 Å². The standard InChI is InChI=1S/C20H23FN2O7S2/c1-30-18-8-5-13(20(24)25)10-19(18)32(28,29)22-16-11-15(31(2,26)27)6-7-17(16)23-9-3-4-14(21)12-23/h5-8,10-11,14,22H,3-4,9,12H2,1-2H3,(H,24,25). The Labute approximate surface area is 185 Å². The SMILES string of the molecule is COc1ccc(C(=O)O)cc1S(=O)(=O)Nc1cc(S(C)(=O)=O)ccc1N1CCCC(F)C1. The minimum Gasteiger partial charge on any atom is -0.495 e. The summed E-state index contributed by atoms with van der Waals surface area (Å²) in [5.41, 5.74) is -0.0194. The van der Waals surface area contributed by atoms with Gasteiger partial charge in [-0.25, -0.2) is 26.0 Å². The number of sulfone groups is 1. The number of aromatic carboxylic acids is 1. The van der Waals surface area contributed by atoms with Crippen molar-refractivity contribution in [3.63, 3.8) is 0 Å². The van der Waals surface area contributed by atoms with Crippen LogP contribution in [-0.2, 0) is 19.9 Å². The van der Waals surface area contributed by atoms with E-state index < -0.39 is 36.9 Å². The predicted octanol–water partition coefficient (Wildman–Crippen LogP) is 2.54. The molecule has 1 saturated heterocycles. The number of benzene rings is 2. The van der Waals surface area contributed by atoms with Crippen molar-refractivity contribution < 1.29 is 35.9 Å². The number of nitrogens with one attached hydrogen (secondary N) is 1. The van der Waals surface area contributed by atoms with Crippen LogP contribution in [0.3, 0.4) is 0 Å². The molecule has 0 aliphatic carbocycles. The van der Waals surface area contributed by atoms with Crippen LogP contribution in [0.25, 0.3) is 0 Å². The molecule has 3 rings (SSSR count). The lowest BCUT2D eigenvalue weighted by molar-refractivity contribution is 0.0696. The monoisotopic (exact) mass is 486 g/mol. The Kier molecular flexibility index (Phi) is 6.65. The van der Waals surface area contributed by atoms with Gasteiger partial charge in [0.2, 0.25) is 0 Å². The molecule has 2 aromatic rings. The first-order valence-electron chi connectivity index (χ1n) is 9.59. The molecule has 2 N–H and O–H groups in total. The molecule has 1 unspecified atom stereocenters. The van der Waals surface area contributed by atoms with Crippen molar-refractivity contribution in [2.24, 2.45) is 0 Å². The number of rotatable bonds is 7. The number of halogens is 1. The van der Waals surface area contributed by atoms with Gasteiger partial charge in [0.15, 0.2) is 9.84 Å². The molecule has 0 bridgehead atoms. The van der Waals surface area contributed by atoms with Gasteiger partial charge in [-0.3, -0.25) is 4.72 Å². The summed E-state index contributed by atoms with van der Waals surface area (Å²) in [7, 11) is -6.83. The Morgan fingerprint density at radius 3 is 2.50 bits per heavy atom. The number of carbonyl (C=O) groups is 1. The smallest absolute Gasteiger partial charge is 0.335 e. The number of alkyl halides is 1. The van der Waals surface area contributed by atoms with E-state index in [1.807, 2.05) is 0 Å². The molecule has 0 radical (unpaired) electrons. The summed E-state index contributed by atoms with van der Waals surface area (Å²) < 4.78 is 71.9. The second-order valence-electron chi connectivity index (χ2n) is 7.41. The van der Waals surface area contributed by atoms with Crippen molar-refractivity contribution in [3.05, 3.63) is 42.0 Å². The number of hydrogen-bond donors (Lipinski definition) is 2. The maximum Gasteiger partial charge on any atom is 0.335 e. The molecular weight excluding hydrogens is 463 g/mol. The van der Waals surface area contributed by atoms with Crippen LogP contribution in [0.2, 0.25) is 0 Å². The number of carboxylic acid groups (broad SMARTS) is 1. The minimum absolute atomic E-state index is 0.0325. The van der Waals surface area contributed by atoms with Crippen LogP contribution >= 0.6 is 0 Å². The van der Waals surface area contributed by atoms with Crippen molar-refractivity contribution in [3.8, 4) is 5.75 Å². The maximum absolute atomic E-state index is 14.0. The number of methoxy groups -OCH3 is 1. The number of carboxylic acids is 1. The van der Waals surface area contributed by atoms with Gasteiger partial charge in [-0.1, -0.05) is 0 Å². The Morgan fingerprint density at radius 1 is 1.19 bits per heavy atom. The molecule has 1 atom stereocenters. The van der Waals surface area contributed by atoms with E-state index in [4.69, 9.17) is 4.74 Å². The molecule has 1 fully saturated rings. The molecule has 2 aromatic carbocycles. The average molecular weight is 487 g/mol. The van der Waals surface area contributed by atoms with Crippen LogP contribution in [0.4, 0.5) is 15.8 Å². The van der Waals surface area contributed by atoms with E-state index in [-0.39, 0.29) is 28.4 Å². The van der Waals surface area contributed by atoms with Crippen LogP contribution < -0.4 is 14.4 Å². The Hall–Kier alpha value is -2.86. The fraction of sp³-hybridized carbons (Fsp3) is 0.350. The van der Waals surface area contributed by atoms with Crippen molar-refractivity contribution in [1.82, 2.24) is 0 Å². The van der Waals surface area contributed by atoms with E-state index in [0.29, 0.717) is 25.1 Å². The zero-order valence-electron chi connectivity index (χ0n) is 17.4. The largest absolute Gasteiger partial charge is 0.495 e. The zero-order valence-corrected chi connectivity index (χ0v) is 19.0. The fourth-order valence-electron chi connectivity index (χ4n) is 3.47. The lowest BCUT2D eigenvalue weighted by atomic mass is 10.1. The summed E-state index contributed by atoms with van der Waals surface area (Å²) >= 11 is 0. The number of sulfonamides is 1. The summed E-state index contributed by atoms with van der Waals surface area (Å²) in [4.78, 5) is 12.4. The van der Waals surface area contributed by atoms with Crippen molar-refractivity contribution in [2.75, 3.05) is 36.1 Å². The Balaban J connectivity index is 2.12. The second kappa shape index (κ2) is 8.94. The van der Waals surface area contributed by atoms with Gasteiger partial charge in [-0.2, -0.15) is 0 Å². The Bertz CT molecular complexity index is 1250. The number of ether oxygens (including phenoxy) is 1. The third-order valence-electron chi connectivity index (χ3n) is 5.05. The minimum atomic E-state index is -4.40. The molecule has 0 saturated carbocycles. The average Bonchev–Trinajstić information content (AvgIpc) is 2.72. The lowest BCUT2D eigenvalue weighted by Gasteiger charge is -2.32. The summed E-state index contributed by atoms with van der Waals surface area (Å²) in [6, 6.07) is 7.28. The van der Waals surface area contributed by atoms with Gasteiger partial charge in [0, 0.05) is 19.3 Å². The van der Waals surface area contributed by atoms with E-state index in [1.54, 1.807) is 4.90 Å². The summed E-state index contributed by atoms with van der Waals surface area (Å²) in [6.07, 6.45) is 0.821. The van der Waals surface area contributed by atoms with Gasteiger partial charge in [0.1, 0.15) is 16.8 Å². The lowest BCUT2D eigenvalue weighted by Crippen LogP contribution is -2.37. The van der Waals surface area contributed by atoms with Gasteiger partial charge in [0.25, 0.3) is 10.0 Å².